The molecular formula is C20H31N3O5S. The summed E-state index contributed by atoms with van der Waals surface area (Å²) in [5.74, 6) is 0.140. The molecule has 1 atom stereocenters. The third-order valence-electron chi connectivity index (χ3n) is 4.99. The van der Waals surface area contributed by atoms with Crippen molar-refractivity contribution in [1.29, 1.82) is 0 Å². The first-order chi connectivity index (χ1) is 13.7. The molecule has 8 nitrogen and oxygen atoms in total. The van der Waals surface area contributed by atoms with E-state index in [4.69, 9.17) is 4.74 Å². The van der Waals surface area contributed by atoms with Crippen LogP contribution in [0.15, 0.2) is 30.3 Å². The molecule has 162 valence electrons. The van der Waals surface area contributed by atoms with Crippen LogP contribution in [0, 0.1) is 11.8 Å². The van der Waals surface area contributed by atoms with Gasteiger partial charge in [0.25, 0.3) is 5.91 Å². The van der Waals surface area contributed by atoms with Crippen LogP contribution < -0.4 is 15.4 Å². The summed E-state index contributed by atoms with van der Waals surface area (Å²) in [7, 11) is -3.16. The molecule has 0 saturated carbocycles. The predicted molar refractivity (Wildman–Crippen MR) is 111 cm³/mol. The molecule has 29 heavy (non-hydrogen) atoms. The van der Waals surface area contributed by atoms with E-state index in [1.165, 1.54) is 10.6 Å². The van der Waals surface area contributed by atoms with E-state index < -0.39 is 16.1 Å². The molecule has 0 bridgehead atoms. The Morgan fingerprint density at radius 2 is 1.79 bits per heavy atom. The van der Waals surface area contributed by atoms with Crippen LogP contribution in [0.3, 0.4) is 0 Å². The molecule has 1 saturated heterocycles. The number of carbonyl (C=O) groups excluding carboxylic acids is 2. The van der Waals surface area contributed by atoms with Crippen molar-refractivity contribution in [2.24, 2.45) is 11.8 Å². The van der Waals surface area contributed by atoms with E-state index in [-0.39, 0.29) is 30.3 Å². The van der Waals surface area contributed by atoms with Gasteiger partial charge in [-0.05, 0) is 36.8 Å². The van der Waals surface area contributed by atoms with Gasteiger partial charge < -0.3 is 15.4 Å². The molecule has 0 aliphatic carbocycles. The van der Waals surface area contributed by atoms with Crippen molar-refractivity contribution in [3.63, 3.8) is 0 Å². The second-order valence-electron chi connectivity index (χ2n) is 7.74. The average Bonchev–Trinajstić information content (AvgIpc) is 2.69. The molecule has 1 fully saturated rings. The van der Waals surface area contributed by atoms with Crippen LogP contribution in [-0.2, 0) is 19.6 Å². The lowest BCUT2D eigenvalue weighted by molar-refractivity contribution is -0.131. The highest BCUT2D eigenvalue weighted by Gasteiger charge is 2.27. The summed E-state index contributed by atoms with van der Waals surface area (Å²) in [6.45, 7) is 4.99. The van der Waals surface area contributed by atoms with Gasteiger partial charge in [-0.15, -0.1) is 0 Å². The van der Waals surface area contributed by atoms with Crippen molar-refractivity contribution in [3.05, 3.63) is 30.3 Å². The Morgan fingerprint density at radius 3 is 2.34 bits per heavy atom. The first-order valence-electron chi connectivity index (χ1n) is 9.87. The molecule has 0 radical (unpaired) electrons. The summed E-state index contributed by atoms with van der Waals surface area (Å²) in [4.78, 5) is 24.8. The standard InChI is InChI=1S/C20H31N3O5S/c1-15(2)19(22-18(24)14-28-17-7-5-4-6-8-17)20(25)21-13-16-9-11-23(12-10-16)29(3,26)27/h4-8,15-16,19H,9-14H2,1-3H3,(H,21,25)(H,22,24). The Balaban J connectivity index is 1.78. The fourth-order valence-corrected chi connectivity index (χ4v) is 4.09. The lowest BCUT2D eigenvalue weighted by Crippen LogP contribution is -2.52. The molecule has 1 aromatic carbocycles. The fraction of sp³-hybridized carbons (Fsp3) is 0.600. The summed E-state index contributed by atoms with van der Waals surface area (Å²) >= 11 is 0. The normalized spacial score (nSPS) is 17.0. The molecule has 2 amide bonds. The van der Waals surface area contributed by atoms with Gasteiger partial charge in [-0.3, -0.25) is 9.59 Å². The fourth-order valence-electron chi connectivity index (χ4n) is 3.22. The van der Waals surface area contributed by atoms with Gasteiger partial charge in [0, 0.05) is 19.6 Å². The quantitative estimate of drug-likeness (QED) is 0.614. The molecule has 1 aliphatic rings. The maximum atomic E-state index is 12.6. The summed E-state index contributed by atoms with van der Waals surface area (Å²) in [5.41, 5.74) is 0. The number of para-hydroxylation sites is 1. The highest BCUT2D eigenvalue weighted by Crippen LogP contribution is 2.18. The lowest BCUT2D eigenvalue weighted by Gasteiger charge is -2.31. The van der Waals surface area contributed by atoms with Gasteiger partial charge in [0.2, 0.25) is 15.9 Å². The Morgan fingerprint density at radius 1 is 1.17 bits per heavy atom. The van der Waals surface area contributed by atoms with Crippen molar-refractivity contribution in [3.8, 4) is 5.75 Å². The molecule has 1 unspecified atom stereocenters. The van der Waals surface area contributed by atoms with Crippen LogP contribution in [0.5, 0.6) is 5.75 Å². The predicted octanol–water partition coefficient (Wildman–Crippen LogP) is 0.994. The molecule has 2 rings (SSSR count). The third-order valence-corrected chi connectivity index (χ3v) is 6.29. The zero-order valence-corrected chi connectivity index (χ0v) is 18.1. The van der Waals surface area contributed by atoms with Gasteiger partial charge >= 0.3 is 0 Å². The van der Waals surface area contributed by atoms with Crippen LogP contribution in [0.4, 0.5) is 0 Å². The van der Waals surface area contributed by atoms with Gasteiger partial charge in [0.05, 0.1) is 6.26 Å². The Kier molecular flexibility index (Phi) is 8.45. The number of hydrogen-bond acceptors (Lipinski definition) is 5. The summed E-state index contributed by atoms with van der Waals surface area (Å²) < 4.78 is 30.0. The molecule has 1 heterocycles. The Labute approximate surface area is 173 Å². The van der Waals surface area contributed by atoms with Crippen molar-refractivity contribution >= 4 is 21.8 Å². The number of nitrogens with zero attached hydrogens (tertiary/aromatic N) is 1. The van der Waals surface area contributed by atoms with Crippen molar-refractivity contribution in [1.82, 2.24) is 14.9 Å². The number of benzene rings is 1. The largest absolute Gasteiger partial charge is 0.484 e. The first-order valence-corrected chi connectivity index (χ1v) is 11.7. The van der Waals surface area contributed by atoms with E-state index in [0.29, 0.717) is 38.2 Å². The van der Waals surface area contributed by atoms with Gasteiger partial charge in [-0.25, -0.2) is 12.7 Å². The van der Waals surface area contributed by atoms with E-state index in [1.807, 2.05) is 32.0 Å². The molecule has 1 aromatic rings. The molecule has 1 aliphatic heterocycles. The second kappa shape index (κ2) is 10.6. The number of rotatable bonds is 9. The number of ether oxygens (including phenoxy) is 1. The van der Waals surface area contributed by atoms with Crippen LogP contribution in [0.1, 0.15) is 26.7 Å². The summed E-state index contributed by atoms with van der Waals surface area (Å²) in [5, 5.41) is 5.64. The zero-order valence-electron chi connectivity index (χ0n) is 17.3. The maximum absolute atomic E-state index is 12.6. The smallest absolute Gasteiger partial charge is 0.258 e. The van der Waals surface area contributed by atoms with Gasteiger partial charge in [0.1, 0.15) is 11.8 Å². The van der Waals surface area contributed by atoms with E-state index in [9.17, 15) is 18.0 Å². The van der Waals surface area contributed by atoms with E-state index in [0.717, 1.165) is 0 Å². The minimum Gasteiger partial charge on any atom is -0.484 e. The third kappa shape index (κ3) is 7.66. The number of amides is 2. The van der Waals surface area contributed by atoms with Crippen molar-refractivity contribution < 1.29 is 22.7 Å². The van der Waals surface area contributed by atoms with Crippen LogP contribution in [-0.4, -0.2) is 63.1 Å². The van der Waals surface area contributed by atoms with E-state index in [1.54, 1.807) is 12.1 Å². The number of carbonyl (C=O) groups is 2. The van der Waals surface area contributed by atoms with Crippen LogP contribution in [0.2, 0.25) is 0 Å². The average molecular weight is 426 g/mol. The highest BCUT2D eigenvalue weighted by atomic mass is 32.2. The van der Waals surface area contributed by atoms with Crippen molar-refractivity contribution in [2.75, 3.05) is 32.5 Å². The SMILES string of the molecule is CC(C)C(NC(=O)COc1ccccc1)C(=O)NCC1CCN(S(C)(=O)=O)CC1. The van der Waals surface area contributed by atoms with E-state index in [2.05, 4.69) is 10.6 Å². The minimum atomic E-state index is -3.16. The number of sulfonamides is 1. The number of nitrogens with one attached hydrogen (secondary N) is 2. The molecular weight excluding hydrogens is 394 g/mol. The minimum absolute atomic E-state index is 0.0808. The molecule has 9 heteroatoms. The highest BCUT2D eigenvalue weighted by molar-refractivity contribution is 7.88. The van der Waals surface area contributed by atoms with Gasteiger partial charge in [-0.1, -0.05) is 32.0 Å². The monoisotopic (exact) mass is 425 g/mol. The van der Waals surface area contributed by atoms with Crippen LogP contribution >= 0.6 is 0 Å². The first kappa shape index (κ1) is 23.2. The second-order valence-corrected chi connectivity index (χ2v) is 9.72. The number of piperidine rings is 1. The van der Waals surface area contributed by atoms with Crippen LogP contribution in [0.25, 0.3) is 0 Å². The van der Waals surface area contributed by atoms with Gasteiger partial charge in [-0.2, -0.15) is 0 Å². The topological polar surface area (TPSA) is 105 Å². The summed E-state index contributed by atoms with van der Waals surface area (Å²) in [6, 6.07) is 8.36. The van der Waals surface area contributed by atoms with E-state index >= 15 is 0 Å². The molecule has 0 spiro atoms. The molecule has 2 N–H and O–H groups in total. The Hall–Kier alpha value is -2.13. The summed E-state index contributed by atoms with van der Waals surface area (Å²) in [6.07, 6.45) is 2.63. The van der Waals surface area contributed by atoms with Gasteiger partial charge in [0.15, 0.2) is 6.61 Å². The maximum Gasteiger partial charge on any atom is 0.258 e. The lowest BCUT2D eigenvalue weighted by atomic mass is 9.97. The molecule has 0 aromatic heterocycles. The zero-order chi connectivity index (χ0) is 21.4. The number of hydrogen-bond donors (Lipinski definition) is 2. The Bertz CT molecular complexity index is 775. The van der Waals surface area contributed by atoms with Crippen molar-refractivity contribution in [2.45, 2.75) is 32.7 Å².